The Morgan fingerprint density at radius 2 is 1.89 bits per heavy atom. The molecule has 0 aliphatic carbocycles. The van der Waals surface area contributed by atoms with Crippen LogP contribution in [-0.4, -0.2) is 66.1 Å². The van der Waals surface area contributed by atoms with Crippen LogP contribution in [-0.2, 0) is 36.5 Å². The molecule has 3 rings (SSSR count). The number of benzene rings is 1. The summed E-state index contributed by atoms with van der Waals surface area (Å²) >= 11 is 0. The van der Waals surface area contributed by atoms with Crippen LogP contribution in [0, 0.1) is 11.6 Å². The minimum absolute atomic E-state index is 0.0840. The normalized spacial score (nSPS) is 21.9. The van der Waals surface area contributed by atoms with Crippen molar-refractivity contribution in [3.05, 3.63) is 71.4 Å². The van der Waals surface area contributed by atoms with Gasteiger partial charge in [0.2, 0.25) is 15.9 Å². The first-order valence-corrected chi connectivity index (χ1v) is 14.0. The Kier molecular flexibility index (Phi) is 9.61. The lowest BCUT2D eigenvalue weighted by atomic mass is 9.83. The molecule has 11 heteroatoms. The molecular formula is C27H34F2N2O6S. The van der Waals surface area contributed by atoms with Crippen LogP contribution in [0.25, 0.3) is 0 Å². The maximum absolute atomic E-state index is 15.5. The molecule has 0 bridgehead atoms. The highest BCUT2D eigenvalue weighted by Crippen LogP contribution is 2.39. The molecule has 0 aromatic heterocycles. The minimum Gasteiger partial charge on any atom is -0.480 e. The van der Waals surface area contributed by atoms with E-state index in [2.05, 4.69) is 6.58 Å². The van der Waals surface area contributed by atoms with Gasteiger partial charge >= 0.3 is 5.97 Å². The first-order chi connectivity index (χ1) is 17.9. The number of carboxylic acid groups (broad SMARTS) is 1. The van der Waals surface area contributed by atoms with Crippen LogP contribution in [0.5, 0.6) is 0 Å². The maximum Gasteiger partial charge on any atom is 0.329 e. The zero-order valence-corrected chi connectivity index (χ0v) is 22.5. The fourth-order valence-electron chi connectivity index (χ4n) is 5.05. The highest BCUT2D eigenvalue weighted by atomic mass is 32.2. The third kappa shape index (κ3) is 6.39. The number of likely N-dealkylation sites (tertiary alicyclic amines) is 1. The summed E-state index contributed by atoms with van der Waals surface area (Å²) in [5.41, 5.74) is -1.19. The van der Waals surface area contributed by atoms with Gasteiger partial charge < -0.3 is 14.7 Å². The van der Waals surface area contributed by atoms with Crippen molar-refractivity contribution >= 4 is 21.9 Å². The zero-order valence-electron chi connectivity index (χ0n) is 21.7. The summed E-state index contributed by atoms with van der Waals surface area (Å²) in [7, 11) is -3.87. The zero-order chi connectivity index (χ0) is 28.1. The van der Waals surface area contributed by atoms with Crippen molar-refractivity contribution in [3.8, 4) is 0 Å². The monoisotopic (exact) mass is 552 g/mol. The standard InChI is InChI=1S/C27H34F2N2O6S/c1-4-6-8-20(5-2)25-9-7-12-31(38(25,35)36)17-21-15-24(29)22(16-23(21)28)27(37-18-26(33)34)10-13-30(14-11-27)19(3)32/h4-6,8,15-16,25H,2,7,9-14,17-18H2,1,3H3,(H,33,34)/b6-4-,20-8+/t25-/m1/s1. The SMILES string of the molecule is C=C/C(=C\C=C/C)[C@H]1CCCN(Cc2cc(F)c(C3(OCC(=O)O)CCN(C(C)=O)CC3)cc2F)S1(=O)=O. The number of sulfonamides is 1. The third-order valence-electron chi connectivity index (χ3n) is 7.14. The Morgan fingerprint density at radius 3 is 2.47 bits per heavy atom. The van der Waals surface area contributed by atoms with E-state index in [4.69, 9.17) is 9.84 Å². The van der Waals surface area contributed by atoms with Gasteiger partial charge in [-0.15, -0.1) is 0 Å². The molecule has 1 amide bonds. The molecule has 1 aromatic carbocycles. The second-order valence-electron chi connectivity index (χ2n) is 9.51. The Labute approximate surface area is 222 Å². The molecule has 2 aliphatic heterocycles. The summed E-state index contributed by atoms with van der Waals surface area (Å²) < 4.78 is 64.4. The van der Waals surface area contributed by atoms with Crippen LogP contribution in [0.4, 0.5) is 8.78 Å². The quantitative estimate of drug-likeness (QED) is 0.467. The smallest absolute Gasteiger partial charge is 0.329 e. The lowest BCUT2D eigenvalue weighted by Crippen LogP contribution is -2.47. The van der Waals surface area contributed by atoms with E-state index in [1.54, 1.807) is 18.2 Å². The number of halogens is 2. The van der Waals surface area contributed by atoms with Gasteiger partial charge in [0.05, 0.1) is 0 Å². The number of amides is 1. The third-order valence-corrected chi connectivity index (χ3v) is 9.40. The summed E-state index contributed by atoms with van der Waals surface area (Å²) in [6.07, 6.45) is 7.78. The highest BCUT2D eigenvalue weighted by molar-refractivity contribution is 7.90. The Bertz CT molecular complexity index is 1240. The number of ether oxygens (including phenoxy) is 1. The number of aliphatic carboxylic acids is 1. The van der Waals surface area contributed by atoms with Crippen LogP contribution < -0.4 is 0 Å². The van der Waals surface area contributed by atoms with Crippen molar-refractivity contribution in [2.45, 2.75) is 56.9 Å². The van der Waals surface area contributed by atoms with Crippen LogP contribution >= 0.6 is 0 Å². The molecule has 38 heavy (non-hydrogen) atoms. The average Bonchev–Trinajstić information content (AvgIpc) is 2.87. The summed E-state index contributed by atoms with van der Waals surface area (Å²) in [5, 5.41) is 8.30. The summed E-state index contributed by atoms with van der Waals surface area (Å²) in [6, 6.07) is 1.92. The molecule has 0 saturated carbocycles. The van der Waals surface area contributed by atoms with Crippen LogP contribution in [0.3, 0.4) is 0 Å². The molecule has 1 N–H and O–H groups in total. The lowest BCUT2D eigenvalue weighted by molar-refractivity contribution is -0.158. The fraction of sp³-hybridized carbons (Fsp3) is 0.481. The molecule has 208 valence electrons. The average molecular weight is 553 g/mol. The molecule has 1 aromatic rings. The molecule has 8 nitrogen and oxygen atoms in total. The molecule has 2 fully saturated rings. The second-order valence-corrected chi connectivity index (χ2v) is 11.6. The summed E-state index contributed by atoms with van der Waals surface area (Å²) in [5.74, 6) is -3.09. The van der Waals surface area contributed by atoms with Crippen LogP contribution in [0.15, 0.2) is 48.6 Å². The Hall–Kier alpha value is -2.89. The maximum atomic E-state index is 15.5. The van der Waals surface area contributed by atoms with Gasteiger partial charge in [-0.3, -0.25) is 4.79 Å². The van der Waals surface area contributed by atoms with Crippen LogP contribution in [0.1, 0.15) is 50.7 Å². The van der Waals surface area contributed by atoms with E-state index in [-0.39, 0.29) is 56.1 Å². The number of allylic oxidation sites excluding steroid dienone is 4. The van der Waals surface area contributed by atoms with Gasteiger partial charge in [-0.2, -0.15) is 4.31 Å². The first-order valence-electron chi connectivity index (χ1n) is 12.5. The number of carboxylic acids is 1. The van der Waals surface area contributed by atoms with Crippen LogP contribution in [0.2, 0.25) is 0 Å². The van der Waals surface area contributed by atoms with Crippen molar-refractivity contribution in [1.82, 2.24) is 9.21 Å². The predicted molar refractivity (Wildman–Crippen MR) is 139 cm³/mol. The highest BCUT2D eigenvalue weighted by Gasteiger charge is 2.42. The topological polar surface area (TPSA) is 104 Å². The first kappa shape index (κ1) is 29.7. The van der Waals surface area contributed by atoms with E-state index in [1.165, 1.54) is 17.9 Å². The van der Waals surface area contributed by atoms with Gasteiger partial charge in [-0.05, 0) is 50.3 Å². The largest absolute Gasteiger partial charge is 0.480 e. The Balaban J connectivity index is 1.92. The van der Waals surface area contributed by atoms with Crippen molar-refractivity contribution in [3.63, 3.8) is 0 Å². The van der Waals surface area contributed by atoms with Crippen molar-refractivity contribution < 1.29 is 36.6 Å². The molecular weight excluding hydrogens is 518 g/mol. The molecule has 2 heterocycles. The summed E-state index contributed by atoms with van der Waals surface area (Å²) in [6.45, 7) is 6.41. The van der Waals surface area contributed by atoms with E-state index < -0.39 is 45.1 Å². The number of carbonyl (C=O) groups excluding carboxylic acids is 1. The number of rotatable bonds is 9. The number of nitrogens with zero attached hydrogens (tertiary/aromatic N) is 2. The van der Waals surface area contributed by atoms with E-state index in [0.717, 1.165) is 16.4 Å². The second kappa shape index (κ2) is 12.3. The van der Waals surface area contributed by atoms with Gasteiger partial charge in [0, 0.05) is 44.2 Å². The van der Waals surface area contributed by atoms with Gasteiger partial charge in [-0.1, -0.05) is 30.9 Å². The van der Waals surface area contributed by atoms with Gasteiger partial charge in [0.15, 0.2) is 0 Å². The number of carbonyl (C=O) groups is 2. The van der Waals surface area contributed by atoms with Crippen molar-refractivity contribution in [1.29, 1.82) is 0 Å². The molecule has 1 atom stereocenters. The van der Waals surface area contributed by atoms with Gasteiger partial charge in [0.25, 0.3) is 0 Å². The number of hydrogen-bond acceptors (Lipinski definition) is 5. The molecule has 0 unspecified atom stereocenters. The molecule has 2 saturated heterocycles. The molecule has 0 spiro atoms. The van der Waals surface area contributed by atoms with Crippen molar-refractivity contribution in [2.24, 2.45) is 0 Å². The van der Waals surface area contributed by atoms with E-state index >= 15 is 8.78 Å². The van der Waals surface area contributed by atoms with E-state index in [9.17, 15) is 18.0 Å². The minimum atomic E-state index is -3.87. The summed E-state index contributed by atoms with van der Waals surface area (Å²) in [4.78, 5) is 24.5. The fourth-order valence-corrected chi connectivity index (χ4v) is 7.10. The van der Waals surface area contributed by atoms with E-state index in [1.807, 2.05) is 6.92 Å². The van der Waals surface area contributed by atoms with Gasteiger partial charge in [-0.25, -0.2) is 22.0 Å². The van der Waals surface area contributed by atoms with E-state index in [0.29, 0.717) is 18.4 Å². The molecule has 0 radical (unpaired) electrons. The molecule has 2 aliphatic rings. The number of hydrogen-bond donors (Lipinski definition) is 1. The Morgan fingerprint density at radius 1 is 1.21 bits per heavy atom. The van der Waals surface area contributed by atoms with Gasteiger partial charge in [0.1, 0.15) is 29.1 Å². The predicted octanol–water partition coefficient (Wildman–Crippen LogP) is 3.89. The number of piperidine rings is 1. The lowest BCUT2D eigenvalue weighted by Gasteiger charge is -2.41. The van der Waals surface area contributed by atoms with Crippen molar-refractivity contribution in [2.75, 3.05) is 26.2 Å².